The molecule has 1 aromatic heterocycles. The van der Waals surface area contributed by atoms with E-state index in [-0.39, 0.29) is 16.1 Å². The van der Waals surface area contributed by atoms with Gasteiger partial charge in [-0.15, -0.1) is 10.2 Å². The van der Waals surface area contributed by atoms with Crippen molar-refractivity contribution in [2.45, 2.75) is 31.1 Å². The Kier molecular flexibility index (Phi) is 6.55. The lowest BCUT2D eigenvalue weighted by atomic mass is 10.2. The molecule has 10 heteroatoms. The summed E-state index contributed by atoms with van der Waals surface area (Å²) >= 11 is 1.28. The molecule has 2 aromatic carbocycles. The van der Waals surface area contributed by atoms with Gasteiger partial charge in [-0.05, 0) is 36.8 Å². The van der Waals surface area contributed by atoms with Gasteiger partial charge in [-0.25, -0.2) is 12.8 Å². The summed E-state index contributed by atoms with van der Waals surface area (Å²) in [6.45, 7) is 2.08. The molecule has 0 radical (unpaired) electrons. The van der Waals surface area contributed by atoms with Gasteiger partial charge < -0.3 is 0 Å². The number of benzene rings is 2. The quantitative estimate of drug-likeness (QED) is 0.556. The third-order valence-electron chi connectivity index (χ3n) is 3.96. The van der Waals surface area contributed by atoms with Crippen molar-refractivity contribution in [1.82, 2.24) is 10.2 Å². The number of sulfonamides is 1. The fourth-order valence-electron chi connectivity index (χ4n) is 2.45. The molecule has 0 spiro atoms. The number of rotatable bonds is 8. The monoisotopic (exact) mass is 434 g/mol. The number of nitrogens with zero attached hydrogens (tertiary/aromatic N) is 2. The summed E-state index contributed by atoms with van der Waals surface area (Å²) in [7, 11) is -4.07. The molecule has 1 heterocycles. The Morgan fingerprint density at radius 3 is 2.69 bits per heavy atom. The number of nitrogens with one attached hydrogen (secondary N) is 2. The topological polar surface area (TPSA) is 101 Å². The van der Waals surface area contributed by atoms with Crippen LogP contribution in [0.1, 0.15) is 35.1 Å². The van der Waals surface area contributed by atoms with Gasteiger partial charge in [0.2, 0.25) is 5.13 Å². The summed E-state index contributed by atoms with van der Waals surface area (Å²) in [6.07, 6.45) is 2.81. The SMILES string of the molecule is CCCCc1nnc(NC(=O)c2cccc(S(=O)(=O)Nc3ccccc3F)c2)s1. The zero-order chi connectivity index (χ0) is 20.9. The molecule has 0 fully saturated rings. The predicted molar refractivity (Wildman–Crippen MR) is 110 cm³/mol. The van der Waals surface area contributed by atoms with Crippen molar-refractivity contribution in [2.75, 3.05) is 10.0 Å². The summed E-state index contributed by atoms with van der Waals surface area (Å²) in [5.41, 5.74) is -0.0393. The number of carbonyl (C=O) groups is 1. The average molecular weight is 435 g/mol. The van der Waals surface area contributed by atoms with E-state index in [9.17, 15) is 17.6 Å². The molecule has 1 amide bonds. The van der Waals surface area contributed by atoms with Gasteiger partial charge in [-0.3, -0.25) is 14.8 Å². The molecule has 3 aromatic rings. The zero-order valence-electron chi connectivity index (χ0n) is 15.6. The second-order valence-corrected chi connectivity index (χ2v) is 8.92. The second-order valence-electron chi connectivity index (χ2n) is 6.17. The van der Waals surface area contributed by atoms with Crippen LogP contribution in [-0.4, -0.2) is 24.5 Å². The highest BCUT2D eigenvalue weighted by Gasteiger charge is 2.18. The molecule has 0 aliphatic rings. The Balaban J connectivity index is 1.75. The molecule has 3 rings (SSSR count). The number of para-hydroxylation sites is 1. The maximum Gasteiger partial charge on any atom is 0.262 e. The number of anilines is 2. The number of amides is 1. The number of aryl methyl sites for hydroxylation is 1. The number of halogens is 1. The largest absolute Gasteiger partial charge is 0.296 e. The molecule has 0 bridgehead atoms. The van der Waals surface area contributed by atoms with Gasteiger partial charge >= 0.3 is 0 Å². The number of hydrogen-bond acceptors (Lipinski definition) is 6. The molecule has 0 unspecified atom stereocenters. The molecule has 29 heavy (non-hydrogen) atoms. The minimum Gasteiger partial charge on any atom is -0.296 e. The van der Waals surface area contributed by atoms with Crippen LogP contribution < -0.4 is 10.0 Å². The first-order valence-electron chi connectivity index (χ1n) is 8.90. The first-order chi connectivity index (χ1) is 13.9. The van der Waals surface area contributed by atoms with Gasteiger partial charge in [0.15, 0.2) is 0 Å². The molecule has 0 aliphatic carbocycles. The summed E-state index contributed by atoms with van der Waals surface area (Å²) in [4.78, 5) is 12.3. The van der Waals surface area contributed by atoms with Gasteiger partial charge in [0.05, 0.1) is 10.6 Å². The lowest BCUT2D eigenvalue weighted by molar-refractivity contribution is 0.102. The highest BCUT2D eigenvalue weighted by molar-refractivity contribution is 7.92. The minimum absolute atomic E-state index is 0.131. The first-order valence-corrected chi connectivity index (χ1v) is 11.2. The first kappa shape index (κ1) is 20.9. The smallest absolute Gasteiger partial charge is 0.262 e. The van der Waals surface area contributed by atoms with Crippen LogP contribution in [0.2, 0.25) is 0 Å². The van der Waals surface area contributed by atoms with E-state index in [1.807, 2.05) is 0 Å². The maximum atomic E-state index is 13.8. The van der Waals surface area contributed by atoms with Gasteiger partial charge in [-0.1, -0.05) is 42.9 Å². The van der Waals surface area contributed by atoms with Crippen LogP contribution >= 0.6 is 11.3 Å². The Bertz CT molecular complexity index is 1120. The van der Waals surface area contributed by atoms with Crippen LogP contribution in [0.25, 0.3) is 0 Å². The Labute approximate surface area is 172 Å². The molecule has 7 nitrogen and oxygen atoms in total. The summed E-state index contributed by atoms with van der Waals surface area (Å²) in [6, 6.07) is 10.9. The summed E-state index contributed by atoms with van der Waals surface area (Å²) < 4.78 is 41.1. The van der Waals surface area contributed by atoms with E-state index < -0.39 is 21.7 Å². The fourth-order valence-corrected chi connectivity index (χ4v) is 4.34. The third kappa shape index (κ3) is 5.36. The average Bonchev–Trinajstić information content (AvgIpc) is 3.15. The minimum atomic E-state index is -4.07. The molecule has 2 N–H and O–H groups in total. The van der Waals surface area contributed by atoms with Gasteiger partial charge in [0, 0.05) is 12.0 Å². The standard InChI is InChI=1S/C19H19FN4O3S2/c1-2-3-11-17-22-23-19(28-17)21-18(25)13-7-6-8-14(12-13)29(26,27)24-16-10-5-4-9-15(16)20/h4-10,12,24H,2-3,11H2,1H3,(H,21,23,25). The zero-order valence-corrected chi connectivity index (χ0v) is 17.2. The molecular weight excluding hydrogens is 415 g/mol. The van der Waals surface area contributed by atoms with E-state index in [1.54, 1.807) is 0 Å². The van der Waals surface area contributed by atoms with Gasteiger partial charge in [0.25, 0.3) is 15.9 Å². The van der Waals surface area contributed by atoms with Crippen LogP contribution in [0.4, 0.5) is 15.2 Å². The highest BCUT2D eigenvalue weighted by Crippen LogP contribution is 2.21. The highest BCUT2D eigenvalue weighted by atomic mass is 32.2. The van der Waals surface area contributed by atoms with Crippen LogP contribution in [0.15, 0.2) is 53.4 Å². The second kappa shape index (κ2) is 9.10. The Morgan fingerprint density at radius 2 is 1.93 bits per heavy atom. The predicted octanol–water partition coefficient (Wildman–Crippen LogP) is 4.07. The van der Waals surface area contributed by atoms with E-state index in [2.05, 4.69) is 27.2 Å². The Morgan fingerprint density at radius 1 is 1.14 bits per heavy atom. The lowest BCUT2D eigenvalue weighted by Crippen LogP contribution is -2.16. The summed E-state index contributed by atoms with van der Waals surface area (Å²) in [5, 5.41) is 11.8. The molecule has 0 aliphatic heterocycles. The van der Waals surface area contributed by atoms with E-state index >= 15 is 0 Å². The third-order valence-corrected chi connectivity index (χ3v) is 6.22. The van der Waals surface area contributed by atoms with Crippen LogP contribution in [0.3, 0.4) is 0 Å². The fraction of sp³-hybridized carbons (Fsp3) is 0.211. The number of unbranched alkanes of at least 4 members (excludes halogenated alkanes) is 1. The van der Waals surface area contributed by atoms with Crippen LogP contribution in [-0.2, 0) is 16.4 Å². The number of carbonyl (C=O) groups excluding carboxylic acids is 1. The lowest BCUT2D eigenvalue weighted by Gasteiger charge is -2.10. The van der Waals surface area contributed by atoms with Crippen molar-refractivity contribution >= 4 is 38.1 Å². The normalized spacial score (nSPS) is 11.2. The van der Waals surface area contributed by atoms with Gasteiger partial charge in [0.1, 0.15) is 10.8 Å². The van der Waals surface area contributed by atoms with Crippen molar-refractivity contribution in [2.24, 2.45) is 0 Å². The molecule has 0 saturated carbocycles. The van der Waals surface area contributed by atoms with E-state index in [4.69, 9.17) is 0 Å². The van der Waals surface area contributed by atoms with Crippen molar-refractivity contribution in [3.05, 3.63) is 64.9 Å². The van der Waals surface area contributed by atoms with E-state index in [1.165, 1.54) is 53.8 Å². The van der Waals surface area contributed by atoms with Crippen LogP contribution in [0.5, 0.6) is 0 Å². The van der Waals surface area contributed by atoms with E-state index in [0.717, 1.165) is 30.3 Å². The Hall–Kier alpha value is -2.85. The molecule has 0 atom stereocenters. The van der Waals surface area contributed by atoms with Gasteiger partial charge in [-0.2, -0.15) is 0 Å². The van der Waals surface area contributed by atoms with Crippen molar-refractivity contribution in [1.29, 1.82) is 0 Å². The van der Waals surface area contributed by atoms with Crippen molar-refractivity contribution in [3.63, 3.8) is 0 Å². The number of aromatic nitrogens is 2. The molecule has 0 saturated heterocycles. The summed E-state index contributed by atoms with van der Waals surface area (Å²) in [5.74, 6) is -1.20. The van der Waals surface area contributed by atoms with E-state index in [0.29, 0.717) is 5.13 Å². The van der Waals surface area contributed by atoms with Crippen LogP contribution in [0, 0.1) is 5.82 Å². The molecule has 152 valence electrons. The van der Waals surface area contributed by atoms with Crippen molar-refractivity contribution < 1.29 is 17.6 Å². The number of hydrogen-bond donors (Lipinski definition) is 2. The molecular formula is C19H19FN4O3S2. The van der Waals surface area contributed by atoms with Crippen molar-refractivity contribution in [3.8, 4) is 0 Å². The maximum absolute atomic E-state index is 13.8.